The Balaban J connectivity index is 1.94. The fourth-order valence-electron chi connectivity index (χ4n) is 3.48. The molecule has 0 spiro atoms. The second-order valence-corrected chi connectivity index (χ2v) is 6.26. The molecule has 2 aliphatic rings. The third kappa shape index (κ3) is 2.57. The van der Waals surface area contributed by atoms with Crippen molar-refractivity contribution in [2.24, 2.45) is 0 Å². The van der Waals surface area contributed by atoms with Crippen LogP contribution < -0.4 is 5.32 Å². The Kier molecular flexibility index (Phi) is 3.98. The molecule has 0 radical (unpaired) electrons. The maximum Gasteiger partial charge on any atom is 0.254 e. The maximum absolute atomic E-state index is 13.9. The quantitative estimate of drug-likeness (QED) is 0.928. The summed E-state index contributed by atoms with van der Waals surface area (Å²) < 4.78 is 13.9. The molecular weight excluding hydrogens is 267 g/mol. The first kappa shape index (κ1) is 14.5. The van der Waals surface area contributed by atoms with E-state index in [4.69, 9.17) is 0 Å². The summed E-state index contributed by atoms with van der Waals surface area (Å²) in [5.41, 5.74) is 2.63. The molecule has 0 bridgehead atoms. The van der Waals surface area contributed by atoms with Crippen LogP contribution in [0.4, 0.5) is 4.39 Å². The molecule has 0 saturated carbocycles. The van der Waals surface area contributed by atoms with Crippen molar-refractivity contribution in [2.45, 2.75) is 51.6 Å². The van der Waals surface area contributed by atoms with Gasteiger partial charge in [0.2, 0.25) is 0 Å². The number of hydrogen-bond donors (Lipinski definition) is 1. The predicted molar refractivity (Wildman–Crippen MR) is 80.9 cm³/mol. The molecule has 3 nitrogen and oxygen atoms in total. The fraction of sp³-hybridized carbons (Fsp3) is 0.588. The first-order valence-electron chi connectivity index (χ1n) is 7.95. The number of nitrogens with zero attached hydrogens (tertiary/aromatic N) is 1. The van der Waals surface area contributed by atoms with Crippen LogP contribution in [-0.2, 0) is 6.54 Å². The van der Waals surface area contributed by atoms with Gasteiger partial charge >= 0.3 is 0 Å². The van der Waals surface area contributed by atoms with Gasteiger partial charge in [-0.25, -0.2) is 4.39 Å². The average Bonchev–Trinajstić information content (AvgIpc) is 2.84. The maximum atomic E-state index is 13.9. The number of amides is 1. The second-order valence-electron chi connectivity index (χ2n) is 6.26. The third-order valence-electron chi connectivity index (χ3n) is 4.92. The monoisotopic (exact) mass is 290 g/mol. The number of carbonyl (C=O) groups excluding carboxylic acids is 1. The van der Waals surface area contributed by atoms with Crippen molar-refractivity contribution in [3.63, 3.8) is 0 Å². The molecule has 2 aliphatic heterocycles. The summed E-state index contributed by atoms with van der Waals surface area (Å²) in [4.78, 5) is 14.6. The first-order valence-corrected chi connectivity index (χ1v) is 7.95. The molecule has 114 valence electrons. The van der Waals surface area contributed by atoms with E-state index in [1.807, 2.05) is 4.90 Å². The minimum absolute atomic E-state index is 0.00255. The number of piperidine rings is 1. The molecule has 1 saturated heterocycles. The molecule has 3 rings (SSSR count). The van der Waals surface area contributed by atoms with Crippen LogP contribution in [0.25, 0.3) is 0 Å². The van der Waals surface area contributed by atoms with Crippen molar-refractivity contribution < 1.29 is 9.18 Å². The van der Waals surface area contributed by atoms with Crippen LogP contribution in [0.3, 0.4) is 0 Å². The van der Waals surface area contributed by atoms with Gasteiger partial charge in [-0.05, 0) is 55.0 Å². The lowest BCUT2D eigenvalue weighted by Crippen LogP contribution is -2.46. The number of benzene rings is 1. The first-order chi connectivity index (χ1) is 10.1. The summed E-state index contributed by atoms with van der Waals surface area (Å²) >= 11 is 0. The van der Waals surface area contributed by atoms with Crippen LogP contribution in [0.5, 0.6) is 0 Å². The molecule has 2 atom stereocenters. The number of nitrogens with one attached hydrogen (secondary N) is 1. The molecule has 2 unspecified atom stereocenters. The van der Waals surface area contributed by atoms with Crippen LogP contribution in [0.15, 0.2) is 12.1 Å². The third-order valence-corrected chi connectivity index (χ3v) is 4.92. The second kappa shape index (κ2) is 5.76. The van der Waals surface area contributed by atoms with Crippen LogP contribution in [-0.4, -0.2) is 29.9 Å². The number of carbonyl (C=O) groups is 1. The van der Waals surface area contributed by atoms with Crippen molar-refractivity contribution >= 4 is 5.91 Å². The van der Waals surface area contributed by atoms with Gasteiger partial charge in [0.25, 0.3) is 5.91 Å². The van der Waals surface area contributed by atoms with E-state index in [1.54, 1.807) is 6.07 Å². The molecule has 4 heteroatoms. The highest BCUT2D eigenvalue weighted by molar-refractivity contribution is 5.99. The summed E-state index contributed by atoms with van der Waals surface area (Å²) in [6.07, 6.45) is 3.08. The average molecular weight is 290 g/mol. The Morgan fingerprint density at radius 3 is 2.95 bits per heavy atom. The van der Waals surface area contributed by atoms with Gasteiger partial charge < -0.3 is 10.2 Å². The number of halogens is 1. The van der Waals surface area contributed by atoms with E-state index in [0.29, 0.717) is 12.1 Å². The highest BCUT2D eigenvalue weighted by atomic mass is 19.1. The molecular formula is C17H23FN2O. The molecule has 21 heavy (non-hydrogen) atoms. The van der Waals surface area contributed by atoms with E-state index < -0.39 is 0 Å². The Morgan fingerprint density at radius 2 is 2.29 bits per heavy atom. The normalized spacial score (nSPS) is 23.3. The van der Waals surface area contributed by atoms with Gasteiger partial charge in [0.15, 0.2) is 0 Å². The van der Waals surface area contributed by atoms with Gasteiger partial charge in [0.1, 0.15) is 5.82 Å². The van der Waals surface area contributed by atoms with E-state index in [2.05, 4.69) is 19.2 Å². The topological polar surface area (TPSA) is 32.3 Å². The van der Waals surface area contributed by atoms with Gasteiger partial charge in [0, 0.05) is 24.7 Å². The molecule has 0 aliphatic carbocycles. The van der Waals surface area contributed by atoms with Gasteiger partial charge in [-0.15, -0.1) is 0 Å². The fourth-order valence-corrected chi connectivity index (χ4v) is 3.48. The van der Waals surface area contributed by atoms with Gasteiger partial charge in [-0.1, -0.05) is 13.8 Å². The molecule has 1 amide bonds. The van der Waals surface area contributed by atoms with E-state index in [0.717, 1.165) is 43.5 Å². The lowest BCUT2D eigenvalue weighted by Gasteiger charge is -2.31. The Morgan fingerprint density at radius 1 is 1.48 bits per heavy atom. The Hall–Kier alpha value is -1.42. The predicted octanol–water partition coefficient (Wildman–Crippen LogP) is 3.05. The zero-order valence-corrected chi connectivity index (χ0v) is 12.8. The van der Waals surface area contributed by atoms with E-state index in [9.17, 15) is 9.18 Å². The molecule has 0 aromatic heterocycles. The van der Waals surface area contributed by atoms with Gasteiger partial charge in [0.05, 0.1) is 0 Å². The highest BCUT2D eigenvalue weighted by Crippen LogP contribution is 2.34. The summed E-state index contributed by atoms with van der Waals surface area (Å²) in [5, 5.41) is 3.35. The van der Waals surface area contributed by atoms with Crippen LogP contribution in [0, 0.1) is 5.82 Å². The number of hydrogen-bond acceptors (Lipinski definition) is 2. The van der Waals surface area contributed by atoms with E-state index >= 15 is 0 Å². The summed E-state index contributed by atoms with van der Waals surface area (Å²) in [6, 6.07) is 3.27. The smallest absolute Gasteiger partial charge is 0.254 e. The Bertz CT molecular complexity index is 552. The Labute approximate surface area is 125 Å². The highest BCUT2D eigenvalue weighted by Gasteiger charge is 2.35. The molecule has 1 N–H and O–H groups in total. The van der Waals surface area contributed by atoms with E-state index in [1.165, 1.54) is 6.07 Å². The summed E-state index contributed by atoms with van der Waals surface area (Å²) in [5.74, 6) is -0.00421. The van der Waals surface area contributed by atoms with Crippen molar-refractivity contribution in [2.75, 3.05) is 13.1 Å². The van der Waals surface area contributed by atoms with Crippen molar-refractivity contribution in [3.05, 3.63) is 34.6 Å². The van der Waals surface area contributed by atoms with Crippen LogP contribution in [0.1, 0.15) is 60.5 Å². The number of rotatable bonds is 3. The van der Waals surface area contributed by atoms with Crippen LogP contribution in [0.2, 0.25) is 0 Å². The standard InChI is InChI=1S/C17H23FN2O/c1-3-11(2)14-7-12(18)8-15-16(14)10-20(17(15)21)13-5-4-6-19-9-13/h7-8,11,13,19H,3-6,9-10H2,1-2H3. The molecule has 2 heterocycles. The van der Waals surface area contributed by atoms with Gasteiger partial charge in [-0.3, -0.25) is 4.79 Å². The SMILES string of the molecule is CCC(C)c1cc(F)cc2c1CN(C1CCCNC1)C2=O. The molecule has 1 aromatic carbocycles. The minimum Gasteiger partial charge on any atom is -0.330 e. The van der Waals surface area contributed by atoms with Crippen LogP contribution >= 0.6 is 0 Å². The summed E-state index contributed by atoms with van der Waals surface area (Å²) in [6.45, 7) is 6.71. The lowest BCUT2D eigenvalue weighted by molar-refractivity contribution is 0.0674. The minimum atomic E-state index is -0.291. The summed E-state index contributed by atoms with van der Waals surface area (Å²) in [7, 11) is 0. The van der Waals surface area contributed by atoms with Crippen molar-refractivity contribution in [1.29, 1.82) is 0 Å². The zero-order valence-electron chi connectivity index (χ0n) is 12.8. The largest absolute Gasteiger partial charge is 0.330 e. The zero-order chi connectivity index (χ0) is 15.0. The molecule has 1 aromatic rings. The van der Waals surface area contributed by atoms with Crippen molar-refractivity contribution in [3.8, 4) is 0 Å². The van der Waals surface area contributed by atoms with E-state index in [-0.39, 0.29) is 23.7 Å². The van der Waals surface area contributed by atoms with Gasteiger partial charge in [-0.2, -0.15) is 0 Å². The van der Waals surface area contributed by atoms with Crippen molar-refractivity contribution in [1.82, 2.24) is 10.2 Å². The lowest BCUT2D eigenvalue weighted by atomic mass is 9.91. The molecule has 1 fully saturated rings. The number of fused-ring (bicyclic) bond motifs is 1.